The molecule has 1 aromatic rings. The van der Waals surface area contributed by atoms with E-state index < -0.39 is 0 Å². The molecule has 0 saturated carbocycles. The Bertz CT molecular complexity index is 382. The van der Waals surface area contributed by atoms with E-state index in [4.69, 9.17) is 0 Å². The number of nitrogens with one attached hydrogen (secondary N) is 2. The lowest BCUT2D eigenvalue weighted by molar-refractivity contribution is 0.548. The summed E-state index contributed by atoms with van der Waals surface area (Å²) in [5, 5.41) is 14.5. The van der Waals surface area contributed by atoms with Crippen LogP contribution in [0.4, 0.5) is 0 Å². The highest BCUT2D eigenvalue weighted by Gasteiger charge is 2.04. The van der Waals surface area contributed by atoms with Gasteiger partial charge in [-0.25, -0.2) is 0 Å². The molecular weight excluding hydrogens is 240 g/mol. The maximum atomic E-state index is 4.20. The van der Waals surface area contributed by atoms with E-state index in [1.165, 1.54) is 6.42 Å². The molecule has 1 aromatic heterocycles. The van der Waals surface area contributed by atoms with E-state index in [1.807, 2.05) is 4.57 Å². The molecule has 19 heavy (non-hydrogen) atoms. The summed E-state index contributed by atoms with van der Waals surface area (Å²) in [6.45, 7) is 9.02. The summed E-state index contributed by atoms with van der Waals surface area (Å²) in [6.07, 6.45) is 4.13. The van der Waals surface area contributed by atoms with Crippen molar-refractivity contribution in [2.45, 2.75) is 46.7 Å². The van der Waals surface area contributed by atoms with Gasteiger partial charge in [-0.3, -0.25) is 4.99 Å². The highest BCUT2D eigenvalue weighted by molar-refractivity contribution is 5.79. The van der Waals surface area contributed by atoms with Crippen molar-refractivity contribution in [1.82, 2.24) is 25.4 Å². The van der Waals surface area contributed by atoms with Crippen LogP contribution in [0.25, 0.3) is 0 Å². The first-order valence-electron chi connectivity index (χ1n) is 6.98. The zero-order valence-corrected chi connectivity index (χ0v) is 12.5. The number of aliphatic imine (C=N–C) groups is 1. The summed E-state index contributed by atoms with van der Waals surface area (Å²) in [6, 6.07) is 0. The molecule has 0 atom stereocenters. The van der Waals surface area contributed by atoms with Crippen LogP contribution < -0.4 is 10.6 Å². The summed E-state index contributed by atoms with van der Waals surface area (Å²) in [5.41, 5.74) is 0. The minimum absolute atomic E-state index is 0.637. The first kappa shape index (κ1) is 15.5. The van der Waals surface area contributed by atoms with Crippen molar-refractivity contribution < 1.29 is 0 Å². The molecule has 0 saturated heterocycles. The molecule has 0 unspecified atom stereocenters. The monoisotopic (exact) mass is 266 g/mol. The molecule has 6 heteroatoms. The van der Waals surface area contributed by atoms with Gasteiger partial charge in [0.25, 0.3) is 0 Å². The minimum Gasteiger partial charge on any atom is -0.356 e. The Kier molecular flexibility index (Phi) is 6.92. The van der Waals surface area contributed by atoms with Gasteiger partial charge in [0.2, 0.25) is 0 Å². The zero-order valence-electron chi connectivity index (χ0n) is 12.5. The second-order valence-electron chi connectivity index (χ2n) is 4.92. The van der Waals surface area contributed by atoms with Crippen LogP contribution in [0.3, 0.4) is 0 Å². The van der Waals surface area contributed by atoms with Crippen LogP contribution in [0.5, 0.6) is 0 Å². The van der Waals surface area contributed by atoms with E-state index in [9.17, 15) is 0 Å². The molecule has 108 valence electrons. The van der Waals surface area contributed by atoms with Crippen molar-refractivity contribution in [3.8, 4) is 0 Å². The number of aromatic nitrogens is 3. The van der Waals surface area contributed by atoms with Crippen molar-refractivity contribution in [2.24, 2.45) is 10.9 Å². The lowest BCUT2D eigenvalue weighted by Gasteiger charge is -2.12. The molecule has 6 nitrogen and oxygen atoms in total. The molecule has 0 amide bonds. The Labute approximate surface area is 115 Å². The lowest BCUT2D eigenvalue weighted by atomic mass is 10.1. The quantitative estimate of drug-likeness (QED) is 0.445. The van der Waals surface area contributed by atoms with Crippen molar-refractivity contribution in [3.05, 3.63) is 12.2 Å². The summed E-state index contributed by atoms with van der Waals surface area (Å²) in [4.78, 5) is 4.20. The highest BCUT2D eigenvalue weighted by Crippen LogP contribution is 2.01. The average Bonchev–Trinajstić information content (AvgIpc) is 2.85. The van der Waals surface area contributed by atoms with Gasteiger partial charge in [0.1, 0.15) is 6.33 Å². The zero-order chi connectivity index (χ0) is 14.1. The Morgan fingerprint density at radius 2 is 2.21 bits per heavy atom. The molecule has 1 rings (SSSR count). The standard InChI is InChI=1S/C13H26N6/c1-5-19-10-17-18-12(19)9-16-13(14-4)15-8-6-7-11(2)3/h10-11H,5-9H2,1-4H3,(H2,14,15,16). The predicted molar refractivity (Wildman–Crippen MR) is 78.0 cm³/mol. The van der Waals surface area contributed by atoms with Crippen LogP contribution in [0.2, 0.25) is 0 Å². The van der Waals surface area contributed by atoms with Gasteiger partial charge in [0.05, 0.1) is 6.54 Å². The van der Waals surface area contributed by atoms with Crippen LogP contribution in [0.1, 0.15) is 39.4 Å². The third kappa shape index (κ3) is 5.72. The smallest absolute Gasteiger partial charge is 0.191 e. The van der Waals surface area contributed by atoms with Gasteiger partial charge in [-0.1, -0.05) is 13.8 Å². The molecule has 0 bridgehead atoms. The lowest BCUT2D eigenvalue weighted by Crippen LogP contribution is -2.37. The molecule has 0 aliphatic rings. The molecule has 2 N–H and O–H groups in total. The van der Waals surface area contributed by atoms with Crippen molar-refractivity contribution >= 4 is 5.96 Å². The van der Waals surface area contributed by atoms with Crippen LogP contribution >= 0.6 is 0 Å². The number of rotatable bonds is 7. The maximum absolute atomic E-state index is 4.20. The van der Waals surface area contributed by atoms with E-state index in [1.54, 1.807) is 13.4 Å². The molecule has 1 heterocycles. The van der Waals surface area contributed by atoms with E-state index in [0.29, 0.717) is 6.54 Å². The molecule has 0 radical (unpaired) electrons. The fourth-order valence-corrected chi connectivity index (χ4v) is 1.78. The first-order valence-corrected chi connectivity index (χ1v) is 6.98. The Balaban J connectivity index is 2.29. The third-order valence-corrected chi connectivity index (χ3v) is 2.92. The Morgan fingerprint density at radius 3 is 2.84 bits per heavy atom. The van der Waals surface area contributed by atoms with Crippen LogP contribution in [0, 0.1) is 5.92 Å². The van der Waals surface area contributed by atoms with Gasteiger partial charge in [0, 0.05) is 20.1 Å². The van der Waals surface area contributed by atoms with E-state index in [2.05, 4.69) is 46.6 Å². The van der Waals surface area contributed by atoms with E-state index in [0.717, 1.165) is 37.2 Å². The fraction of sp³-hybridized carbons (Fsp3) is 0.769. The summed E-state index contributed by atoms with van der Waals surface area (Å²) in [5.74, 6) is 2.49. The van der Waals surface area contributed by atoms with Crippen LogP contribution in [-0.2, 0) is 13.1 Å². The summed E-state index contributed by atoms with van der Waals surface area (Å²) < 4.78 is 2.01. The first-order chi connectivity index (χ1) is 9.17. The van der Waals surface area contributed by atoms with Gasteiger partial charge >= 0.3 is 0 Å². The average molecular weight is 266 g/mol. The third-order valence-electron chi connectivity index (χ3n) is 2.92. The molecule has 0 spiro atoms. The molecule has 0 aliphatic carbocycles. The van der Waals surface area contributed by atoms with Gasteiger partial charge in [-0.2, -0.15) is 0 Å². The minimum atomic E-state index is 0.637. The van der Waals surface area contributed by atoms with Crippen molar-refractivity contribution in [1.29, 1.82) is 0 Å². The Morgan fingerprint density at radius 1 is 1.42 bits per heavy atom. The van der Waals surface area contributed by atoms with Gasteiger partial charge in [0.15, 0.2) is 11.8 Å². The molecular formula is C13H26N6. The molecule has 0 aliphatic heterocycles. The number of hydrogen-bond acceptors (Lipinski definition) is 3. The molecule has 0 fully saturated rings. The van der Waals surface area contributed by atoms with Gasteiger partial charge in [-0.15, -0.1) is 10.2 Å². The van der Waals surface area contributed by atoms with Crippen LogP contribution in [0.15, 0.2) is 11.3 Å². The number of guanidine groups is 1. The Hall–Kier alpha value is -1.59. The number of nitrogens with zero attached hydrogens (tertiary/aromatic N) is 4. The maximum Gasteiger partial charge on any atom is 0.191 e. The van der Waals surface area contributed by atoms with Crippen molar-refractivity contribution in [3.63, 3.8) is 0 Å². The second-order valence-corrected chi connectivity index (χ2v) is 4.92. The topological polar surface area (TPSA) is 67.1 Å². The largest absolute Gasteiger partial charge is 0.356 e. The van der Waals surface area contributed by atoms with Crippen LogP contribution in [-0.4, -0.2) is 34.3 Å². The van der Waals surface area contributed by atoms with E-state index >= 15 is 0 Å². The van der Waals surface area contributed by atoms with E-state index in [-0.39, 0.29) is 0 Å². The molecule has 0 aromatic carbocycles. The summed E-state index contributed by atoms with van der Waals surface area (Å²) >= 11 is 0. The predicted octanol–water partition coefficient (Wildman–Crippen LogP) is 1.40. The van der Waals surface area contributed by atoms with Gasteiger partial charge < -0.3 is 15.2 Å². The van der Waals surface area contributed by atoms with Gasteiger partial charge in [-0.05, 0) is 25.7 Å². The fourth-order valence-electron chi connectivity index (χ4n) is 1.78. The SMILES string of the molecule is CCn1cnnc1CNC(=NC)NCCCC(C)C. The second kappa shape index (κ2) is 8.50. The normalized spacial score (nSPS) is 11.9. The highest BCUT2D eigenvalue weighted by atomic mass is 15.3. The summed E-state index contributed by atoms with van der Waals surface area (Å²) in [7, 11) is 1.78. The van der Waals surface area contributed by atoms with Crippen molar-refractivity contribution in [2.75, 3.05) is 13.6 Å². The number of hydrogen-bond donors (Lipinski definition) is 2. The number of aryl methyl sites for hydroxylation is 1.